The van der Waals surface area contributed by atoms with E-state index in [-0.39, 0.29) is 4.48 Å². The first-order valence-electron chi connectivity index (χ1n) is 3.99. The van der Waals surface area contributed by atoms with E-state index in [1.807, 2.05) is 0 Å². The molecule has 0 aliphatic rings. The predicted molar refractivity (Wildman–Crippen MR) is 44.3 cm³/mol. The van der Waals surface area contributed by atoms with Crippen LogP contribution in [-0.4, -0.2) is 53.6 Å². The lowest BCUT2D eigenvalue weighted by molar-refractivity contribution is -0.926. The van der Waals surface area contributed by atoms with Crippen molar-refractivity contribution in [3.63, 3.8) is 0 Å². The monoisotopic (exact) mass is 191 g/mol. The molecular formula is C8H17NO4. The topological polar surface area (TPSA) is 80.6 Å². The lowest BCUT2D eigenvalue weighted by Crippen LogP contribution is -2.58. The molecule has 2 atom stereocenters. The summed E-state index contributed by atoms with van der Waals surface area (Å²) >= 11 is 0. The Morgan fingerprint density at radius 3 is 2.15 bits per heavy atom. The molecule has 0 aliphatic carbocycles. The first kappa shape index (κ1) is 12.3. The van der Waals surface area contributed by atoms with Crippen molar-refractivity contribution in [1.29, 1.82) is 0 Å². The van der Waals surface area contributed by atoms with Crippen LogP contribution in [0.15, 0.2) is 0 Å². The molecule has 0 spiro atoms. The van der Waals surface area contributed by atoms with Crippen LogP contribution in [0.25, 0.3) is 0 Å². The van der Waals surface area contributed by atoms with E-state index in [0.29, 0.717) is 0 Å². The summed E-state index contributed by atoms with van der Waals surface area (Å²) in [5.74, 6) is -1.38. The molecule has 0 saturated heterocycles. The summed E-state index contributed by atoms with van der Waals surface area (Å²) in [5.41, 5.74) is -1.67. The third-order valence-electron chi connectivity index (χ3n) is 1.79. The molecule has 2 unspecified atom stereocenters. The quantitative estimate of drug-likeness (QED) is 0.394. The number of aliphatic hydroxyl groups excluding tert-OH is 1. The molecule has 0 aliphatic heterocycles. The third kappa shape index (κ3) is 3.71. The first-order chi connectivity index (χ1) is 5.57. The largest absolute Gasteiger partial charge is 0.550 e. The average Bonchev–Trinajstić information content (AvgIpc) is 1.80. The summed E-state index contributed by atoms with van der Waals surface area (Å²) in [6, 6.07) is 0. The number of hydrogen-bond acceptors (Lipinski definition) is 4. The number of likely N-dealkylation sites (N-methyl/N-ethyl adjacent to an activating group) is 1. The molecule has 2 N–H and O–H groups in total. The summed E-state index contributed by atoms with van der Waals surface area (Å²) in [6.07, 6.45) is -1.74. The number of carbonyl (C=O) groups is 1. The Morgan fingerprint density at radius 2 is 1.92 bits per heavy atom. The maximum Gasteiger partial charge on any atom is 0.219 e. The molecule has 0 bridgehead atoms. The van der Waals surface area contributed by atoms with E-state index in [2.05, 4.69) is 0 Å². The summed E-state index contributed by atoms with van der Waals surface area (Å²) < 4.78 is 0.0697. The van der Waals surface area contributed by atoms with E-state index in [0.717, 1.165) is 0 Å². The van der Waals surface area contributed by atoms with Crippen LogP contribution < -0.4 is 5.11 Å². The number of aliphatic hydroxyl groups is 2. The van der Waals surface area contributed by atoms with Gasteiger partial charge in [0.05, 0.1) is 21.1 Å². The van der Waals surface area contributed by atoms with Gasteiger partial charge in [0.15, 0.2) is 0 Å². The second-order valence-electron chi connectivity index (χ2n) is 4.40. The van der Waals surface area contributed by atoms with Gasteiger partial charge in [-0.2, -0.15) is 0 Å². The Hall–Kier alpha value is -0.650. The molecule has 0 fully saturated rings. The van der Waals surface area contributed by atoms with Crippen molar-refractivity contribution in [2.75, 3.05) is 21.1 Å². The van der Waals surface area contributed by atoms with Gasteiger partial charge in [-0.3, -0.25) is 0 Å². The molecule has 0 aromatic rings. The lowest BCUT2D eigenvalue weighted by atomic mass is 9.99. The fraction of sp³-hybridized carbons (Fsp3) is 0.875. The van der Waals surface area contributed by atoms with Crippen molar-refractivity contribution in [2.45, 2.75) is 25.2 Å². The van der Waals surface area contributed by atoms with E-state index >= 15 is 0 Å². The van der Waals surface area contributed by atoms with Gasteiger partial charge in [0.25, 0.3) is 0 Å². The van der Waals surface area contributed by atoms with Crippen molar-refractivity contribution in [3.05, 3.63) is 0 Å². The maximum atomic E-state index is 10.3. The second kappa shape index (κ2) is 3.61. The van der Waals surface area contributed by atoms with Crippen LogP contribution in [0, 0.1) is 0 Å². The third-order valence-corrected chi connectivity index (χ3v) is 1.79. The first-order valence-corrected chi connectivity index (χ1v) is 3.99. The molecule has 0 rings (SSSR count). The Bertz CT molecular complexity index is 195. The minimum Gasteiger partial charge on any atom is -0.550 e. The van der Waals surface area contributed by atoms with Crippen LogP contribution in [0.1, 0.15) is 13.3 Å². The van der Waals surface area contributed by atoms with Crippen LogP contribution in [0.3, 0.4) is 0 Å². The number of carboxylic acids is 1. The molecule has 0 radical (unpaired) electrons. The van der Waals surface area contributed by atoms with E-state index in [9.17, 15) is 20.1 Å². The summed E-state index contributed by atoms with van der Waals surface area (Å²) in [6.45, 7) is 1.27. The molecule has 5 nitrogen and oxygen atoms in total. The molecule has 0 amide bonds. The van der Waals surface area contributed by atoms with Gasteiger partial charge in [-0.1, -0.05) is 0 Å². The number of nitrogens with zero attached hydrogens (tertiary/aromatic N) is 1. The Balaban J connectivity index is 4.54. The van der Waals surface area contributed by atoms with Gasteiger partial charge in [0, 0.05) is 12.4 Å². The van der Waals surface area contributed by atoms with Gasteiger partial charge in [0.1, 0.15) is 5.60 Å². The normalized spacial score (nSPS) is 19.2. The molecule has 0 heterocycles. The van der Waals surface area contributed by atoms with Crippen molar-refractivity contribution in [3.8, 4) is 0 Å². The van der Waals surface area contributed by atoms with Gasteiger partial charge in [0.2, 0.25) is 6.23 Å². The highest BCUT2D eigenvalue weighted by molar-refractivity contribution is 5.65. The zero-order valence-corrected chi connectivity index (χ0v) is 8.44. The summed E-state index contributed by atoms with van der Waals surface area (Å²) in [7, 11) is 4.98. The highest BCUT2D eigenvalue weighted by Gasteiger charge is 2.39. The van der Waals surface area contributed by atoms with Gasteiger partial charge in [-0.25, -0.2) is 0 Å². The fourth-order valence-electron chi connectivity index (χ4n) is 1.22. The highest BCUT2D eigenvalue weighted by atomic mass is 16.4. The van der Waals surface area contributed by atoms with Crippen LogP contribution in [-0.2, 0) is 4.79 Å². The number of carboxylic acid groups (broad SMARTS) is 1. The van der Waals surface area contributed by atoms with Gasteiger partial charge < -0.3 is 24.6 Å². The van der Waals surface area contributed by atoms with Crippen LogP contribution in [0.2, 0.25) is 0 Å². The zero-order chi connectivity index (χ0) is 10.9. The number of rotatable bonds is 4. The standard InChI is InChI=1S/C8H17NO4/c1-8(13,5-6(10)11)7(12)9(2,3)4/h7,12-13H,5H2,1-4H3. The Kier molecular flexibility index (Phi) is 3.43. The molecule has 78 valence electrons. The van der Waals surface area contributed by atoms with Crippen LogP contribution in [0.5, 0.6) is 0 Å². The molecule has 0 aromatic heterocycles. The molecule has 0 saturated carbocycles. The summed E-state index contributed by atoms with van der Waals surface area (Å²) in [4.78, 5) is 10.3. The number of aliphatic carboxylic acids is 1. The zero-order valence-electron chi connectivity index (χ0n) is 8.44. The van der Waals surface area contributed by atoms with Gasteiger partial charge in [-0.15, -0.1) is 0 Å². The SMILES string of the molecule is CC(O)(CC(=O)[O-])C(O)[N+](C)(C)C. The minimum atomic E-state index is -1.67. The molecule has 0 aromatic carbocycles. The van der Waals surface area contributed by atoms with E-state index in [1.54, 1.807) is 21.1 Å². The van der Waals surface area contributed by atoms with Crippen LogP contribution in [0.4, 0.5) is 0 Å². The van der Waals surface area contributed by atoms with Crippen molar-refractivity contribution >= 4 is 5.97 Å². The highest BCUT2D eigenvalue weighted by Crippen LogP contribution is 2.19. The Labute approximate surface area is 77.8 Å². The van der Waals surface area contributed by atoms with E-state index in [1.165, 1.54) is 6.92 Å². The van der Waals surface area contributed by atoms with E-state index < -0.39 is 24.2 Å². The minimum absolute atomic E-state index is 0.0697. The smallest absolute Gasteiger partial charge is 0.219 e. The molecule has 5 heteroatoms. The maximum absolute atomic E-state index is 10.3. The molecular weight excluding hydrogens is 174 g/mol. The van der Waals surface area contributed by atoms with Crippen molar-refractivity contribution in [2.24, 2.45) is 0 Å². The van der Waals surface area contributed by atoms with Gasteiger partial charge >= 0.3 is 0 Å². The summed E-state index contributed by atoms with van der Waals surface area (Å²) in [5, 5.41) is 29.5. The second-order valence-corrected chi connectivity index (χ2v) is 4.40. The predicted octanol–water partition coefficient (Wildman–Crippen LogP) is -2.10. The van der Waals surface area contributed by atoms with Crippen molar-refractivity contribution in [1.82, 2.24) is 0 Å². The Morgan fingerprint density at radius 1 is 1.54 bits per heavy atom. The van der Waals surface area contributed by atoms with Crippen LogP contribution >= 0.6 is 0 Å². The molecule has 13 heavy (non-hydrogen) atoms. The average molecular weight is 191 g/mol. The van der Waals surface area contributed by atoms with Gasteiger partial charge in [-0.05, 0) is 6.92 Å². The fourth-order valence-corrected chi connectivity index (χ4v) is 1.22. The number of carbonyl (C=O) groups excluding carboxylic acids is 1. The lowest BCUT2D eigenvalue weighted by Gasteiger charge is -2.38. The number of hydrogen-bond donors (Lipinski definition) is 2. The van der Waals surface area contributed by atoms with E-state index in [4.69, 9.17) is 0 Å². The number of quaternary nitrogens is 1. The van der Waals surface area contributed by atoms with Crippen molar-refractivity contribution < 1.29 is 24.6 Å².